The number of esters is 1. The fraction of sp³-hybridized carbons (Fsp3) is 0.0323. The number of nitrogens with one attached hydrogen (secondary N) is 2. The highest BCUT2D eigenvalue weighted by molar-refractivity contribution is 6.37. The molecule has 0 aliphatic heterocycles. The van der Waals surface area contributed by atoms with Crippen LogP contribution in [-0.4, -0.2) is 36.0 Å². The molecule has 0 radical (unpaired) electrons. The van der Waals surface area contributed by atoms with Gasteiger partial charge in [-0.2, -0.15) is 5.10 Å². The van der Waals surface area contributed by atoms with Crippen molar-refractivity contribution in [3.8, 4) is 11.5 Å². The van der Waals surface area contributed by atoms with Crippen molar-refractivity contribution in [1.82, 2.24) is 5.43 Å². The van der Waals surface area contributed by atoms with E-state index in [1.165, 1.54) is 61.9 Å². The van der Waals surface area contributed by atoms with Crippen molar-refractivity contribution in [1.29, 1.82) is 0 Å². The first kappa shape index (κ1) is 31.4. The summed E-state index contributed by atoms with van der Waals surface area (Å²) < 4.78 is 10.6. The number of rotatable bonds is 10. The number of hydrogen-bond acceptors (Lipinski definition) is 8. The molecule has 0 saturated carbocycles. The van der Waals surface area contributed by atoms with Crippen LogP contribution in [-0.2, 0) is 4.79 Å². The molecule has 0 aliphatic rings. The average molecular weight is 633 g/mol. The normalized spacial score (nSPS) is 10.9. The molecule has 0 heterocycles. The Bertz CT molecular complexity index is 1810. The van der Waals surface area contributed by atoms with Crippen LogP contribution >= 0.6 is 23.2 Å². The zero-order valence-electron chi connectivity index (χ0n) is 22.8. The number of hydrogen-bond donors (Lipinski definition) is 2. The largest absolute Gasteiger partial charge is 0.493 e. The average Bonchev–Trinajstić information content (AvgIpc) is 3.00. The maximum atomic E-state index is 12.7. The number of nitro benzene ring substituents is 1. The van der Waals surface area contributed by atoms with Crippen molar-refractivity contribution in [2.24, 2.45) is 5.10 Å². The van der Waals surface area contributed by atoms with Gasteiger partial charge in [-0.15, -0.1) is 0 Å². The van der Waals surface area contributed by atoms with E-state index in [2.05, 4.69) is 15.8 Å². The van der Waals surface area contributed by atoms with E-state index in [-0.39, 0.29) is 33.3 Å². The number of benzene rings is 4. The minimum atomic E-state index is -0.724. The summed E-state index contributed by atoms with van der Waals surface area (Å²) in [5, 5.41) is 18.2. The van der Waals surface area contributed by atoms with Crippen LogP contribution in [0.1, 0.15) is 31.8 Å². The number of non-ortho nitro benzene ring substituents is 1. The number of methoxy groups -OCH3 is 1. The second kappa shape index (κ2) is 14.6. The van der Waals surface area contributed by atoms with E-state index in [1.54, 1.807) is 42.5 Å². The first-order chi connectivity index (χ1) is 21.1. The number of anilines is 1. The zero-order chi connectivity index (χ0) is 31.6. The molecular weight excluding hydrogens is 611 g/mol. The summed E-state index contributed by atoms with van der Waals surface area (Å²) in [6.07, 6.45) is 3.89. The predicted octanol–water partition coefficient (Wildman–Crippen LogP) is 6.55. The predicted molar refractivity (Wildman–Crippen MR) is 167 cm³/mol. The van der Waals surface area contributed by atoms with Gasteiger partial charge in [0.1, 0.15) is 0 Å². The maximum Gasteiger partial charge on any atom is 0.336 e. The molecule has 0 fully saturated rings. The number of amides is 2. The number of nitrogens with zero attached hydrogens (tertiary/aromatic N) is 2. The lowest BCUT2D eigenvalue weighted by atomic mass is 10.1. The summed E-state index contributed by atoms with van der Waals surface area (Å²) in [4.78, 5) is 48.0. The molecule has 0 spiro atoms. The highest BCUT2D eigenvalue weighted by atomic mass is 35.5. The SMILES string of the molecule is COc1cc(C=NNC(=O)c2cccc(NC(=O)c3ccc(Cl)cc3Cl)c2)ccc1OC(=O)/C=C/c1cccc([N+](=O)[O-])c1. The molecule has 11 nitrogen and oxygen atoms in total. The van der Waals surface area contributed by atoms with Crippen LogP contribution in [0.15, 0.2) is 96.1 Å². The summed E-state index contributed by atoms with van der Waals surface area (Å²) in [5.74, 6) is -1.38. The van der Waals surface area contributed by atoms with Gasteiger partial charge < -0.3 is 14.8 Å². The van der Waals surface area contributed by atoms with E-state index < -0.39 is 22.7 Å². The van der Waals surface area contributed by atoms with Gasteiger partial charge in [0.25, 0.3) is 17.5 Å². The standard InChI is InChI=1S/C31H22Cl2N4O7/c1-43-28-15-20(8-12-27(28)44-29(38)13-9-19-4-2-7-24(14-19)37(41)42)18-34-36-30(39)21-5-3-6-23(16-21)35-31(40)25-11-10-22(32)17-26(25)33/h2-18H,1H3,(H,35,40)(H,36,39)/b13-9+,34-18?. The Balaban J connectivity index is 1.35. The lowest BCUT2D eigenvalue weighted by molar-refractivity contribution is -0.384. The molecular formula is C31H22Cl2N4O7. The third kappa shape index (κ3) is 8.51. The van der Waals surface area contributed by atoms with E-state index >= 15 is 0 Å². The van der Waals surface area contributed by atoms with Crippen LogP contribution < -0.4 is 20.2 Å². The van der Waals surface area contributed by atoms with Gasteiger partial charge >= 0.3 is 5.97 Å². The molecule has 0 atom stereocenters. The summed E-state index contributed by atoms with van der Waals surface area (Å²) in [5.41, 5.74) is 4.11. The minimum Gasteiger partial charge on any atom is -0.493 e. The number of ether oxygens (including phenoxy) is 2. The first-order valence-electron chi connectivity index (χ1n) is 12.6. The van der Waals surface area contributed by atoms with Gasteiger partial charge in [-0.1, -0.05) is 41.4 Å². The molecule has 0 bridgehead atoms. The second-order valence-corrected chi connectivity index (χ2v) is 9.72. The van der Waals surface area contributed by atoms with Crippen molar-refractivity contribution in [2.45, 2.75) is 0 Å². The van der Waals surface area contributed by atoms with E-state index in [9.17, 15) is 24.5 Å². The van der Waals surface area contributed by atoms with Crippen molar-refractivity contribution in [3.63, 3.8) is 0 Å². The van der Waals surface area contributed by atoms with Crippen LogP contribution in [0.3, 0.4) is 0 Å². The molecule has 0 unspecified atom stereocenters. The van der Waals surface area contributed by atoms with E-state index in [4.69, 9.17) is 32.7 Å². The number of carbonyl (C=O) groups excluding carboxylic acids is 3. The second-order valence-electron chi connectivity index (χ2n) is 8.88. The summed E-state index contributed by atoms with van der Waals surface area (Å²) in [7, 11) is 1.39. The van der Waals surface area contributed by atoms with Crippen molar-refractivity contribution in [2.75, 3.05) is 12.4 Å². The molecule has 4 aromatic carbocycles. The van der Waals surface area contributed by atoms with Crippen LogP contribution in [0, 0.1) is 10.1 Å². The van der Waals surface area contributed by atoms with E-state index in [1.807, 2.05) is 0 Å². The van der Waals surface area contributed by atoms with Crippen LogP contribution in [0.2, 0.25) is 10.0 Å². The molecule has 4 aromatic rings. The van der Waals surface area contributed by atoms with Crippen LogP contribution in [0.5, 0.6) is 11.5 Å². The zero-order valence-corrected chi connectivity index (χ0v) is 24.3. The Morgan fingerprint density at radius 3 is 2.43 bits per heavy atom. The highest BCUT2D eigenvalue weighted by Crippen LogP contribution is 2.28. The molecule has 0 aliphatic carbocycles. The van der Waals surface area contributed by atoms with E-state index in [0.29, 0.717) is 21.8 Å². The van der Waals surface area contributed by atoms with Gasteiger partial charge in [-0.05, 0) is 71.8 Å². The van der Waals surface area contributed by atoms with Crippen molar-refractivity contribution in [3.05, 3.63) is 133 Å². The van der Waals surface area contributed by atoms with Crippen molar-refractivity contribution < 1.29 is 28.8 Å². The maximum absolute atomic E-state index is 12.7. The quantitative estimate of drug-likeness (QED) is 0.0503. The summed E-state index contributed by atoms with van der Waals surface area (Å²) in [6.45, 7) is 0. The Hall–Kier alpha value is -5.52. The molecule has 4 rings (SSSR count). The first-order valence-corrected chi connectivity index (χ1v) is 13.4. The number of nitro groups is 1. The fourth-order valence-electron chi connectivity index (χ4n) is 3.74. The Labute approximate surface area is 260 Å². The summed E-state index contributed by atoms with van der Waals surface area (Å²) >= 11 is 12.0. The van der Waals surface area contributed by atoms with Crippen LogP contribution in [0.4, 0.5) is 11.4 Å². The molecule has 2 N–H and O–H groups in total. The monoisotopic (exact) mass is 632 g/mol. The number of hydrazone groups is 1. The lowest BCUT2D eigenvalue weighted by Gasteiger charge is -2.09. The molecule has 222 valence electrons. The molecule has 13 heteroatoms. The smallest absolute Gasteiger partial charge is 0.336 e. The highest BCUT2D eigenvalue weighted by Gasteiger charge is 2.13. The van der Waals surface area contributed by atoms with Crippen molar-refractivity contribution >= 4 is 64.7 Å². The topological polar surface area (TPSA) is 149 Å². The Morgan fingerprint density at radius 2 is 1.68 bits per heavy atom. The summed E-state index contributed by atoms with van der Waals surface area (Å²) in [6, 6.07) is 21.1. The minimum absolute atomic E-state index is 0.103. The lowest BCUT2D eigenvalue weighted by Crippen LogP contribution is -2.18. The molecule has 2 amide bonds. The number of carbonyl (C=O) groups is 3. The molecule has 44 heavy (non-hydrogen) atoms. The van der Waals surface area contributed by atoms with Gasteiger partial charge in [0.2, 0.25) is 0 Å². The van der Waals surface area contributed by atoms with Crippen LogP contribution in [0.25, 0.3) is 6.08 Å². The third-order valence-corrected chi connectivity index (χ3v) is 6.38. The molecule has 0 aromatic heterocycles. The van der Waals surface area contributed by atoms with Gasteiger partial charge in [0.15, 0.2) is 11.5 Å². The van der Waals surface area contributed by atoms with Gasteiger partial charge in [0.05, 0.1) is 28.8 Å². The van der Waals surface area contributed by atoms with Gasteiger partial charge in [-0.25, -0.2) is 10.2 Å². The third-order valence-electron chi connectivity index (χ3n) is 5.83. The van der Waals surface area contributed by atoms with Gasteiger partial charge in [-0.3, -0.25) is 19.7 Å². The Kier molecular flexibility index (Phi) is 10.4. The fourth-order valence-corrected chi connectivity index (χ4v) is 4.23. The number of halogens is 2. The molecule has 0 saturated heterocycles. The van der Waals surface area contributed by atoms with Gasteiger partial charge in [0, 0.05) is 34.5 Å². The van der Waals surface area contributed by atoms with E-state index in [0.717, 1.165) is 6.08 Å². The Morgan fingerprint density at radius 1 is 0.886 bits per heavy atom.